The fourth-order valence-corrected chi connectivity index (χ4v) is 1.56. The Balaban J connectivity index is 2.84. The standard InChI is InChI=1S/C9H16N2S/c1-4-7(2)8(3)11-6-5-10-9(11)12/h5-8H,4H2,1-3H3,(H,10,12). The highest BCUT2D eigenvalue weighted by atomic mass is 32.1. The largest absolute Gasteiger partial charge is 0.337 e. The maximum Gasteiger partial charge on any atom is 0.177 e. The zero-order chi connectivity index (χ0) is 9.14. The second-order valence-corrected chi connectivity index (χ2v) is 3.69. The number of hydrogen-bond acceptors (Lipinski definition) is 1. The molecule has 1 heterocycles. The molecule has 3 heteroatoms. The fourth-order valence-electron chi connectivity index (χ4n) is 1.27. The highest BCUT2D eigenvalue weighted by Gasteiger charge is 2.11. The highest BCUT2D eigenvalue weighted by Crippen LogP contribution is 2.19. The lowest BCUT2D eigenvalue weighted by Gasteiger charge is -2.19. The van der Waals surface area contributed by atoms with Crippen molar-refractivity contribution in [1.29, 1.82) is 0 Å². The summed E-state index contributed by atoms with van der Waals surface area (Å²) in [6, 6.07) is 0.494. The molecule has 1 aromatic rings. The van der Waals surface area contributed by atoms with Crippen LogP contribution in [0, 0.1) is 10.7 Å². The molecule has 2 atom stereocenters. The number of aromatic nitrogens is 2. The first-order valence-electron chi connectivity index (χ1n) is 4.42. The van der Waals surface area contributed by atoms with Gasteiger partial charge >= 0.3 is 0 Å². The van der Waals surface area contributed by atoms with Crippen molar-refractivity contribution in [3.8, 4) is 0 Å². The lowest BCUT2D eigenvalue weighted by atomic mass is 10.0. The van der Waals surface area contributed by atoms with E-state index in [1.807, 2.05) is 12.4 Å². The average molecular weight is 184 g/mol. The van der Waals surface area contributed by atoms with Gasteiger partial charge in [-0.3, -0.25) is 0 Å². The van der Waals surface area contributed by atoms with Crippen LogP contribution >= 0.6 is 12.2 Å². The summed E-state index contributed by atoms with van der Waals surface area (Å²) in [7, 11) is 0. The van der Waals surface area contributed by atoms with Crippen LogP contribution in [0.15, 0.2) is 12.4 Å². The number of hydrogen-bond donors (Lipinski definition) is 1. The average Bonchev–Trinajstić information content (AvgIpc) is 2.48. The zero-order valence-electron chi connectivity index (χ0n) is 7.87. The second-order valence-electron chi connectivity index (χ2n) is 3.30. The third kappa shape index (κ3) is 1.78. The van der Waals surface area contributed by atoms with Gasteiger partial charge in [-0.1, -0.05) is 20.3 Å². The van der Waals surface area contributed by atoms with E-state index in [9.17, 15) is 0 Å². The van der Waals surface area contributed by atoms with Crippen molar-refractivity contribution < 1.29 is 0 Å². The van der Waals surface area contributed by atoms with E-state index in [4.69, 9.17) is 12.2 Å². The predicted molar refractivity (Wildman–Crippen MR) is 53.8 cm³/mol. The monoisotopic (exact) mass is 184 g/mol. The van der Waals surface area contributed by atoms with E-state index in [1.165, 1.54) is 6.42 Å². The molecule has 0 bridgehead atoms. The number of nitrogens with zero attached hydrogens (tertiary/aromatic N) is 1. The summed E-state index contributed by atoms with van der Waals surface area (Å²) in [5.74, 6) is 0.674. The van der Waals surface area contributed by atoms with Crippen LogP contribution in [0.1, 0.15) is 33.2 Å². The number of imidazole rings is 1. The molecule has 2 unspecified atom stereocenters. The molecule has 0 aromatic carbocycles. The summed E-state index contributed by atoms with van der Waals surface area (Å²) in [5.41, 5.74) is 0. The molecule has 1 rings (SSSR count). The molecule has 12 heavy (non-hydrogen) atoms. The maximum atomic E-state index is 5.14. The van der Waals surface area contributed by atoms with E-state index in [2.05, 4.69) is 30.3 Å². The molecule has 68 valence electrons. The van der Waals surface area contributed by atoms with Gasteiger partial charge in [-0.15, -0.1) is 0 Å². The Morgan fingerprint density at radius 3 is 2.67 bits per heavy atom. The molecule has 0 radical (unpaired) electrons. The Labute approximate surface area is 78.6 Å². The molecule has 2 nitrogen and oxygen atoms in total. The van der Waals surface area contributed by atoms with Crippen LogP contribution in [0.4, 0.5) is 0 Å². The first-order chi connectivity index (χ1) is 5.66. The van der Waals surface area contributed by atoms with Crippen LogP contribution in [-0.4, -0.2) is 9.55 Å². The zero-order valence-corrected chi connectivity index (χ0v) is 8.69. The molecule has 0 aliphatic heterocycles. The quantitative estimate of drug-likeness (QED) is 0.716. The van der Waals surface area contributed by atoms with E-state index in [0.29, 0.717) is 12.0 Å². The number of rotatable bonds is 3. The number of aromatic amines is 1. The lowest BCUT2D eigenvalue weighted by Crippen LogP contribution is -2.12. The minimum Gasteiger partial charge on any atom is -0.337 e. The minimum atomic E-state index is 0.494. The summed E-state index contributed by atoms with van der Waals surface area (Å²) >= 11 is 5.14. The van der Waals surface area contributed by atoms with Crippen molar-refractivity contribution in [2.24, 2.45) is 5.92 Å². The second kappa shape index (κ2) is 3.90. The first kappa shape index (κ1) is 9.52. The van der Waals surface area contributed by atoms with E-state index >= 15 is 0 Å². The summed E-state index contributed by atoms with van der Waals surface area (Å²) in [4.78, 5) is 3.01. The Morgan fingerprint density at radius 2 is 2.25 bits per heavy atom. The SMILES string of the molecule is CCC(C)C(C)n1cc[nH]c1=S. The van der Waals surface area contributed by atoms with Crippen molar-refractivity contribution in [3.63, 3.8) is 0 Å². The van der Waals surface area contributed by atoms with Crippen LogP contribution in [0.2, 0.25) is 0 Å². The highest BCUT2D eigenvalue weighted by molar-refractivity contribution is 7.71. The van der Waals surface area contributed by atoms with E-state index in [0.717, 1.165) is 4.77 Å². The minimum absolute atomic E-state index is 0.494. The smallest absolute Gasteiger partial charge is 0.177 e. The van der Waals surface area contributed by atoms with Gasteiger partial charge in [-0.05, 0) is 25.1 Å². The van der Waals surface area contributed by atoms with Crippen molar-refractivity contribution in [2.75, 3.05) is 0 Å². The van der Waals surface area contributed by atoms with Crippen LogP contribution in [0.5, 0.6) is 0 Å². The van der Waals surface area contributed by atoms with Gasteiger partial charge in [-0.2, -0.15) is 0 Å². The van der Waals surface area contributed by atoms with Crippen LogP contribution in [0.25, 0.3) is 0 Å². The van der Waals surface area contributed by atoms with Gasteiger partial charge in [0.15, 0.2) is 4.77 Å². The lowest BCUT2D eigenvalue weighted by molar-refractivity contribution is 0.367. The Hall–Kier alpha value is -0.570. The third-order valence-corrected chi connectivity index (χ3v) is 2.91. The van der Waals surface area contributed by atoms with E-state index < -0.39 is 0 Å². The summed E-state index contributed by atoms with van der Waals surface area (Å²) in [6.45, 7) is 6.66. The summed E-state index contributed by atoms with van der Waals surface area (Å²) in [6.07, 6.45) is 5.09. The Kier molecular flexibility index (Phi) is 3.09. The van der Waals surface area contributed by atoms with Gasteiger partial charge in [0.1, 0.15) is 0 Å². The van der Waals surface area contributed by atoms with Gasteiger partial charge in [0.05, 0.1) is 0 Å². The maximum absolute atomic E-state index is 5.14. The van der Waals surface area contributed by atoms with Crippen molar-refractivity contribution in [3.05, 3.63) is 17.2 Å². The Morgan fingerprint density at radius 1 is 1.58 bits per heavy atom. The van der Waals surface area contributed by atoms with Crippen molar-refractivity contribution in [1.82, 2.24) is 9.55 Å². The summed E-state index contributed by atoms with van der Waals surface area (Å²) in [5, 5.41) is 0. The molecule has 0 saturated heterocycles. The van der Waals surface area contributed by atoms with Crippen LogP contribution < -0.4 is 0 Å². The fraction of sp³-hybridized carbons (Fsp3) is 0.667. The van der Waals surface area contributed by atoms with Crippen molar-refractivity contribution in [2.45, 2.75) is 33.2 Å². The van der Waals surface area contributed by atoms with Crippen LogP contribution in [0.3, 0.4) is 0 Å². The molecule has 0 amide bonds. The van der Waals surface area contributed by atoms with E-state index in [-0.39, 0.29) is 0 Å². The van der Waals surface area contributed by atoms with Gasteiger partial charge in [0, 0.05) is 18.4 Å². The van der Waals surface area contributed by atoms with E-state index in [1.54, 1.807) is 0 Å². The topological polar surface area (TPSA) is 20.7 Å². The summed E-state index contributed by atoms with van der Waals surface area (Å²) < 4.78 is 2.94. The molecular weight excluding hydrogens is 168 g/mol. The Bertz CT molecular complexity index is 287. The molecular formula is C9H16N2S. The van der Waals surface area contributed by atoms with Gasteiger partial charge in [0.2, 0.25) is 0 Å². The molecule has 0 aliphatic rings. The predicted octanol–water partition coefficient (Wildman–Crippen LogP) is 3.15. The van der Waals surface area contributed by atoms with Gasteiger partial charge < -0.3 is 9.55 Å². The normalized spacial score (nSPS) is 15.9. The molecule has 1 aromatic heterocycles. The molecule has 0 saturated carbocycles. The molecule has 0 fully saturated rings. The van der Waals surface area contributed by atoms with Crippen LogP contribution in [-0.2, 0) is 0 Å². The molecule has 0 spiro atoms. The van der Waals surface area contributed by atoms with Gasteiger partial charge in [-0.25, -0.2) is 0 Å². The number of H-pyrrole nitrogens is 1. The first-order valence-corrected chi connectivity index (χ1v) is 4.83. The van der Waals surface area contributed by atoms with Gasteiger partial charge in [0.25, 0.3) is 0 Å². The van der Waals surface area contributed by atoms with Crippen molar-refractivity contribution >= 4 is 12.2 Å². The molecule has 1 N–H and O–H groups in total. The molecule has 0 aliphatic carbocycles. The third-order valence-electron chi connectivity index (χ3n) is 2.58. The number of nitrogens with one attached hydrogen (secondary N) is 1.